The van der Waals surface area contributed by atoms with Crippen LogP contribution >= 0.6 is 0 Å². The van der Waals surface area contributed by atoms with E-state index in [1.54, 1.807) is 0 Å². The quantitative estimate of drug-likeness (QED) is 0.637. The van der Waals surface area contributed by atoms with Gasteiger partial charge >= 0.3 is 5.97 Å². The van der Waals surface area contributed by atoms with Crippen LogP contribution in [0.5, 0.6) is 5.75 Å². The minimum atomic E-state index is -1.24. The van der Waals surface area contributed by atoms with Gasteiger partial charge in [0.05, 0.1) is 6.04 Å². The molecule has 21 heavy (non-hydrogen) atoms. The summed E-state index contributed by atoms with van der Waals surface area (Å²) < 4.78 is 0. The Morgan fingerprint density at radius 2 is 2.10 bits per heavy atom. The monoisotopic (exact) mass is 292 g/mol. The van der Waals surface area contributed by atoms with Gasteiger partial charge in [0, 0.05) is 5.69 Å². The van der Waals surface area contributed by atoms with Crippen LogP contribution in [0.1, 0.15) is 37.0 Å². The molecule has 1 aromatic carbocycles. The Hall–Kier alpha value is -2.08. The molecule has 1 atom stereocenters. The number of aromatic hydroxyl groups is 1. The molecule has 2 rings (SSSR count). The molecule has 0 saturated carbocycles. The van der Waals surface area contributed by atoms with E-state index in [2.05, 4.69) is 10.6 Å². The zero-order valence-electron chi connectivity index (χ0n) is 12.1. The summed E-state index contributed by atoms with van der Waals surface area (Å²) in [4.78, 5) is 23.3. The summed E-state index contributed by atoms with van der Waals surface area (Å²) in [6.07, 6.45) is 1.98. The third kappa shape index (κ3) is 3.33. The van der Waals surface area contributed by atoms with Crippen molar-refractivity contribution < 1.29 is 19.8 Å². The van der Waals surface area contributed by atoms with Crippen molar-refractivity contribution in [3.05, 3.63) is 23.8 Å². The standard InChI is InChI=1S/C15H20N2O4/c1-15(2)6-3-7-16-12(15)13(19)17-9-4-5-11(18)10(8-9)14(20)21/h4-5,8,12,16,18H,3,6-7H2,1-2H3,(H,17,19)(H,20,21). The average Bonchev–Trinajstić information content (AvgIpc) is 2.40. The van der Waals surface area contributed by atoms with Gasteiger partial charge in [0.25, 0.3) is 0 Å². The summed E-state index contributed by atoms with van der Waals surface area (Å²) in [6.45, 7) is 4.85. The fourth-order valence-electron chi connectivity index (χ4n) is 2.66. The number of amides is 1. The van der Waals surface area contributed by atoms with Crippen LogP contribution in [0.15, 0.2) is 18.2 Å². The highest BCUT2D eigenvalue weighted by Gasteiger charge is 2.37. The lowest BCUT2D eigenvalue weighted by atomic mass is 9.77. The summed E-state index contributed by atoms with van der Waals surface area (Å²) in [5, 5.41) is 24.4. The number of carbonyl (C=O) groups is 2. The van der Waals surface area contributed by atoms with Gasteiger partial charge in [-0.25, -0.2) is 4.79 Å². The van der Waals surface area contributed by atoms with Crippen LogP contribution in [-0.2, 0) is 4.79 Å². The third-order valence-electron chi connectivity index (χ3n) is 3.88. The van der Waals surface area contributed by atoms with E-state index in [4.69, 9.17) is 5.11 Å². The number of aromatic carboxylic acids is 1. The number of piperidine rings is 1. The second-order valence-electron chi connectivity index (χ2n) is 6.01. The van der Waals surface area contributed by atoms with Crippen LogP contribution in [0.2, 0.25) is 0 Å². The zero-order valence-corrected chi connectivity index (χ0v) is 12.1. The van der Waals surface area contributed by atoms with Crippen molar-refractivity contribution in [1.29, 1.82) is 0 Å². The summed E-state index contributed by atoms with van der Waals surface area (Å²) in [6, 6.07) is 3.67. The Labute approximate surface area is 123 Å². The minimum absolute atomic E-state index is 0.158. The van der Waals surface area contributed by atoms with Crippen LogP contribution in [0.25, 0.3) is 0 Å². The van der Waals surface area contributed by atoms with E-state index in [0.29, 0.717) is 5.69 Å². The molecular weight excluding hydrogens is 272 g/mol. The van der Waals surface area contributed by atoms with Crippen molar-refractivity contribution in [1.82, 2.24) is 5.32 Å². The molecule has 6 nitrogen and oxygen atoms in total. The molecule has 1 aliphatic rings. The van der Waals surface area contributed by atoms with E-state index in [-0.39, 0.29) is 28.7 Å². The second kappa shape index (κ2) is 5.73. The number of phenols is 1. The van der Waals surface area contributed by atoms with E-state index in [1.165, 1.54) is 18.2 Å². The van der Waals surface area contributed by atoms with Crippen molar-refractivity contribution in [2.24, 2.45) is 5.41 Å². The van der Waals surface area contributed by atoms with Crippen molar-refractivity contribution in [3.8, 4) is 5.75 Å². The molecule has 6 heteroatoms. The van der Waals surface area contributed by atoms with Gasteiger partial charge in [-0.2, -0.15) is 0 Å². The second-order valence-corrected chi connectivity index (χ2v) is 6.01. The van der Waals surface area contributed by atoms with Crippen LogP contribution < -0.4 is 10.6 Å². The molecule has 1 fully saturated rings. The molecule has 1 aliphatic heterocycles. The normalized spacial score (nSPS) is 20.8. The summed E-state index contributed by atoms with van der Waals surface area (Å²) in [7, 11) is 0. The Morgan fingerprint density at radius 1 is 1.38 bits per heavy atom. The first-order chi connectivity index (χ1) is 9.81. The van der Waals surface area contributed by atoms with Gasteiger partial charge in [0.15, 0.2) is 0 Å². The Kier molecular flexibility index (Phi) is 4.18. The number of anilines is 1. The Bertz CT molecular complexity index is 569. The number of nitrogens with one attached hydrogen (secondary N) is 2. The largest absolute Gasteiger partial charge is 0.507 e. The molecule has 0 spiro atoms. The Morgan fingerprint density at radius 3 is 2.71 bits per heavy atom. The van der Waals surface area contributed by atoms with Crippen LogP contribution in [0.4, 0.5) is 5.69 Å². The predicted molar refractivity (Wildman–Crippen MR) is 78.5 cm³/mol. The molecule has 0 aromatic heterocycles. The molecule has 0 bridgehead atoms. The predicted octanol–water partition coefficient (Wildman–Crippen LogP) is 1.81. The van der Waals surface area contributed by atoms with E-state index >= 15 is 0 Å². The fourth-order valence-corrected chi connectivity index (χ4v) is 2.66. The van der Waals surface area contributed by atoms with Gasteiger partial charge in [-0.15, -0.1) is 0 Å². The molecule has 0 aliphatic carbocycles. The molecule has 114 valence electrons. The lowest BCUT2D eigenvalue weighted by molar-refractivity contribution is -0.121. The molecule has 1 aromatic rings. The summed E-state index contributed by atoms with van der Waals surface area (Å²) >= 11 is 0. The lowest BCUT2D eigenvalue weighted by Gasteiger charge is -2.38. The maximum atomic E-state index is 12.4. The highest BCUT2D eigenvalue weighted by Crippen LogP contribution is 2.31. The summed E-state index contributed by atoms with van der Waals surface area (Å²) in [5.74, 6) is -1.75. The van der Waals surface area contributed by atoms with E-state index in [1.807, 2.05) is 13.8 Å². The highest BCUT2D eigenvalue weighted by atomic mass is 16.4. The maximum absolute atomic E-state index is 12.4. The minimum Gasteiger partial charge on any atom is -0.507 e. The van der Waals surface area contributed by atoms with Crippen molar-refractivity contribution in [2.75, 3.05) is 11.9 Å². The first-order valence-electron chi connectivity index (χ1n) is 6.92. The first kappa shape index (κ1) is 15.3. The smallest absolute Gasteiger partial charge is 0.339 e. The number of rotatable bonds is 3. The van der Waals surface area contributed by atoms with Gasteiger partial charge in [0.1, 0.15) is 11.3 Å². The molecule has 1 unspecified atom stereocenters. The molecule has 1 amide bonds. The number of hydrogen-bond donors (Lipinski definition) is 4. The summed E-state index contributed by atoms with van der Waals surface area (Å²) in [5.41, 5.74) is -0.0310. The van der Waals surface area contributed by atoms with Crippen LogP contribution in [0.3, 0.4) is 0 Å². The number of carboxylic acids is 1. The first-order valence-corrected chi connectivity index (χ1v) is 6.92. The average molecular weight is 292 g/mol. The number of hydrogen-bond acceptors (Lipinski definition) is 4. The van der Waals surface area contributed by atoms with E-state index in [0.717, 1.165) is 19.4 Å². The van der Waals surface area contributed by atoms with Gasteiger partial charge in [-0.3, -0.25) is 4.79 Å². The number of benzene rings is 1. The van der Waals surface area contributed by atoms with Gasteiger partial charge in [0.2, 0.25) is 5.91 Å². The van der Waals surface area contributed by atoms with E-state index in [9.17, 15) is 14.7 Å². The zero-order chi connectivity index (χ0) is 15.6. The third-order valence-corrected chi connectivity index (χ3v) is 3.88. The topological polar surface area (TPSA) is 98.7 Å². The van der Waals surface area contributed by atoms with Gasteiger partial charge in [-0.1, -0.05) is 13.8 Å². The van der Waals surface area contributed by atoms with Crippen molar-refractivity contribution in [3.63, 3.8) is 0 Å². The maximum Gasteiger partial charge on any atom is 0.339 e. The van der Waals surface area contributed by atoms with Crippen molar-refractivity contribution >= 4 is 17.6 Å². The fraction of sp³-hybridized carbons (Fsp3) is 0.467. The van der Waals surface area contributed by atoms with Gasteiger partial charge < -0.3 is 20.8 Å². The highest BCUT2D eigenvalue weighted by molar-refractivity contribution is 5.98. The Balaban J connectivity index is 2.16. The molecule has 4 N–H and O–H groups in total. The van der Waals surface area contributed by atoms with Gasteiger partial charge in [-0.05, 0) is 43.0 Å². The number of carboxylic acid groups (broad SMARTS) is 1. The molecule has 0 radical (unpaired) electrons. The van der Waals surface area contributed by atoms with E-state index < -0.39 is 5.97 Å². The number of carbonyl (C=O) groups excluding carboxylic acids is 1. The van der Waals surface area contributed by atoms with Crippen LogP contribution in [0, 0.1) is 5.41 Å². The molecule has 1 heterocycles. The molecule has 1 saturated heterocycles. The molecular formula is C15H20N2O4. The van der Waals surface area contributed by atoms with Crippen LogP contribution in [-0.4, -0.2) is 34.7 Å². The lowest BCUT2D eigenvalue weighted by Crippen LogP contribution is -2.53. The SMILES string of the molecule is CC1(C)CCCNC1C(=O)Nc1ccc(O)c(C(=O)O)c1. The van der Waals surface area contributed by atoms with Crippen molar-refractivity contribution in [2.45, 2.75) is 32.7 Å².